The molecule has 0 aliphatic heterocycles. The van der Waals surface area contributed by atoms with E-state index in [2.05, 4.69) is 22.4 Å². The van der Waals surface area contributed by atoms with Crippen LogP contribution in [-0.4, -0.2) is 14.8 Å². The predicted octanol–water partition coefficient (Wildman–Crippen LogP) is 1.55. The van der Waals surface area contributed by atoms with Gasteiger partial charge in [-0.05, 0) is 25.5 Å². The van der Waals surface area contributed by atoms with E-state index in [-0.39, 0.29) is 6.04 Å². The smallest absolute Gasteiger partial charge is 0.0911 e. The van der Waals surface area contributed by atoms with Crippen LogP contribution >= 0.6 is 0 Å². The molecule has 0 saturated carbocycles. The summed E-state index contributed by atoms with van der Waals surface area (Å²) in [7, 11) is 0. The van der Waals surface area contributed by atoms with Crippen LogP contribution in [0.5, 0.6) is 0 Å². The van der Waals surface area contributed by atoms with Crippen LogP contribution in [-0.2, 0) is 6.54 Å². The lowest BCUT2D eigenvalue weighted by Crippen LogP contribution is -2.29. The molecule has 0 amide bonds. The third-order valence-electron chi connectivity index (χ3n) is 2.81. The van der Waals surface area contributed by atoms with Crippen molar-refractivity contribution >= 4 is 0 Å². The molecule has 2 aromatic rings. The molecule has 2 aromatic heterocycles. The molecule has 5 heteroatoms. The van der Waals surface area contributed by atoms with E-state index in [1.165, 1.54) is 0 Å². The maximum Gasteiger partial charge on any atom is 0.0911 e. The maximum absolute atomic E-state index is 5.64. The van der Waals surface area contributed by atoms with Gasteiger partial charge in [0.25, 0.3) is 0 Å². The Morgan fingerprint density at radius 1 is 1.44 bits per heavy atom. The van der Waals surface area contributed by atoms with E-state index in [1.54, 1.807) is 0 Å². The average molecular weight is 245 g/mol. The fourth-order valence-electron chi connectivity index (χ4n) is 1.96. The van der Waals surface area contributed by atoms with Crippen molar-refractivity contribution < 1.29 is 0 Å². The Morgan fingerprint density at radius 2 is 2.28 bits per heavy atom. The number of nitrogens with one attached hydrogen (secondary N) is 1. The Hall–Kier alpha value is -1.72. The highest BCUT2D eigenvalue weighted by Gasteiger charge is 2.15. The standard InChI is InChI=1S/C13H19N5/c1-3-7-18-9-11(8-15-18)13(17-14)12-6-4-5-10(2)16-12/h4-6,8-9,13,17H,3,7,14H2,1-2H3. The molecule has 0 aliphatic carbocycles. The Bertz CT molecular complexity index is 506. The molecule has 0 bridgehead atoms. The highest BCUT2D eigenvalue weighted by molar-refractivity contribution is 5.24. The Kier molecular flexibility index (Phi) is 4.07. The van der Waals surface area contributed by atoms with E-state index in [0.717, 1.165) is 29.9 Å². The van der Waals surface area contributed by atoms with Crippen LogP contribution in [0.2, 0.25) is 0 Å². The number of pyridine rings is 1. The van der Waals surface area contributed by atoms with Crippen LogP contribution in [0.15, 0.2) is 30.6 Å². The second-order valence-corrected chi connectivity index (χ2v) is 4.34. The maximum atomic E-state index is 5.64. The number of nitrogens with two attached hydrogens (primary N) is 1. The molecule has 96 valence electrons. The summed E-state index contributed by atoms with van der Waals surface area (Å²) in [6.45, 7) is 5.01. The molecule has 18 heavy (non-hydrogen) atoms. The fourth-order valence-corrected chi connectivity index (χ4v) is 1.96. The van der Waals surface area contributed by atoms with Crippen LogP contribution in [0.4, 0.5) is 0 Å². The zero-order chi connectivity index (χ0) is 13.0. The number of aryl methyl sites for hydroxylation is 2. The zero-order valence-electron chi connectivity index (χ0n) is 10.8. The highest BCUT2D eigenvalue weighted by Crippen LogP contribution is 2.19. The minimum atomic E-state index is -0.115. The lowest BCUT2D eigenvalue weighted by atomic mass is 10.1. The van der Waals surface area contributed by atoms with Gasteiger partial charge in [-0.2, -0.15) is 5.10 Å². The third-order valence-corrected chi connectivity index (χ3v) is 2.81. The first-order valence-corrected chi connectivity index (χ1v) is 6.16. The van der Waals surface area contributed by atoms with Crippen molar-refractivity contribution in [3.8, 4) is 0 Å². The molecular formula is C13H19N5. The summed E-state index contributed by atoms with van der Waals surface area (Å²) in [5.74, 6) is 5.64. The van der Waals surface area contributed by atoms with Crippen LogP contribution in [0, 0.1) is 6.92 Å². The summed E-state index contributed by atoms with van der Waals surface area (Å²) >= 11 is 0. The SMILES string of the molecule is CCCn1cc(C(NN)c2cccc(C)n2)cn1. The van der Waals surface area contributed by atoms with Gasteiger partial charge in [0.1, 0.15) is 0 Å². The van der Waals surface area contributed by atoms with Gasteiger partial charge in [-0.15, -0.1) is 0 Å². The minimum Gasteiger partial charge on any atom is -0.272 e. The lowest BCUT2D eigenvalue weighted by Gasteiger charge is -2.13. The Morgan fingerprint density at radius 3 is 2.94 bits per heavy atom. The number of nitrogens with zero attached hydrogens (tertiary/aromatic N) is 3. The summed E-state index contributed by atoms with van der Waals surface area (Å²) in [5, 5.41) is 4.32. The van der Waals surface area contributed by atoms with Crippen molar-refractivity contribution in [1.29, 1.82) is 0 Å². The predicted molar refractivity (Wildman–Crippen MR) is 70.7 cm³/mol. The van der Waals surface area contributed by atoms with Crippen molar-refractivity contribution in [2.45, 2.75) is 32.9 Å². The molecule has 2 heterocycles. The van der Waals surface area contributed by atoms with Gasteiger partial charge in [0, 0.05) is 24.0 Å². The molecule has 1 unspecified atom stereocenters. The second-order valence-electron chi connectivity index (χ2n) is 4.34. The normalized spacial score (nSPS) is 12.6. The van der Waals surface area contributed by atoms with Gasteiger partial charge in [-0.25, -0.2) is 5.43 Å². The molecule has 0 fully saturated rings. The molecule has 0 radical (unpaired) electrons. The first-order chi connectivity index (χ1) is 8.74. The first kappa shape index (κ1) is 12.7. The zero-order valence-corrected chi connectivity index (χ0v) is 10.8. The van der Waals surface area contributed by atoms with Crippen LogP contribution < -0.4 is 11.3 Å². The molecule has 3 N–H and O–H groups in total. The van der Waals surface area contributed by atoms with Gasteiger partial charge in [0.15, 0.2) is 0 Å². The fraction of sp³-hybridized carbons (Fsp3) is 0.385. The summed E-state index contributed by atoms with van der Waals surface area (Å²) < 4.78 is 1.93. The van der Waals surface area contributed by atoms with E-state index in [0.29, 0.717) is 0 Å². The number of aromatic nitrogens is 3. The van der Waals surface area contributed by atoms with E-state index < -0.39 is 0 Å². The van der Waals surface area contributed by atoms with Crippen LogP contribution in [0.1, 0.15) is 36.3 Å². The molecule has 0 spiro atoms. The molecule has 0 aliphatic rings. The van der Waals surface area contributed by atoms with Crippen molar-refractivity contribution in [3.05, 3.63) is 47.5 Å². The summed E-state index contributed by atoms with van der Waals surface area (Å²) in [6.07, 6.45) is 4.91. The van der Waals surface area contributed by atoms with Crippen molar-refractivity contribution in [1.82, 2.24) is 20.2 Å². The van der Waals surface area contributed by atoms with Gasteiger partial charge in [-0.1, -0.05) is 13.0 Å². The quantitative estimate of drug-likeness (QED) is 0.619. The topological polar surface area (TPSA) is 68.8 Å². The molecule has 0 saturated heterocycles. The van der Waals surface area contributed by atoms with Crippen molar-refractivity contribution in [2.75, 3.05) is 0 Å². The van der Waals surface area contributed by atoms with Gasteiger partial charge in [0.2, 0.25) is 0 Å². The van der Waals surface area contributed by atoms with E-state index in [1.807, 2.05) is 42.2 Å². The third kappa shape index (κ3) is 2.75. The van der Waals surface area contributed by atoms with Gasteiger partial charge in [0.05, 0.1) is 17.9 Å². The van der Waals surface area contributed by atoms with E-state index >= 15 is 0 Å². The Balaban J connectivity index is 2.27. The second kappa shape index (κ2) is 5.75. The number of hydrogen-bond donors (Lipinski definition) is 2. The molecular weight excluding hydrogens is 226 g/mol. The number of hydrogen-bond acceptors (Lipinski definition) is 4. The number of hydrazine groups is 1. The molecule has 2 rings (SSSR count). The largest absolute Gasteiger partial charge is 0.272 e. The van der Waals surface area contributed by atoms with Crippen LogP contribution in [0.25, 0.3) is 0 Å². The van der Waals surface area contributed by atoms with Gasteiger partial charge >= 0.3 is 0 Å². The van der Waals surface area contributed by atoms with Gasteiger partial charge < -0.3 is 0 Å². The average Bonchev–Trinajstić information content (AvgIpc) is 2.79. The minimum absolute atomic E-state index is 0.115. The monoisotopic (exact) mass is 245 g/mol. The van der Waals surface area contributed by atoms with Crippen molar-refractivity contribution in [2.24, 2.45) is 5.84 Å². The lowest BCUT2D eigenvalue weighted by molar-refractivity contribution is 0.595. The molecule has 1 atom stereocenters. The van der Waals surface area contributed by atoms with Crippen molar-refractivity contribution in [3.63, 3.8) is 0 Å². The van der Waals surface area contributed by atoms with Crippen LogP contribution in [0.3, 0.4) is 0 Å². The van der Waals surface area contributed by atoms with E-state index in [4.69, 9.17) is 5.84 Å². The Labute approximate surface area is 107 Å². The van der Waals surface area contributed by atoms with E-state index in [9.17, 15) is 0 Å². The van der Waals surface area contributed by atoms with Gasteiger partial charge in [-0.3, -0.25) is 15.5 Å². The molecule has 0 aromatic carbocycles. The number of rotatable bonds is 5. The molecule has 5 nitrogen and oxygen atoms in total. The highest BCUT2D eigenvalue weighted by atomic mass is 15.3. The summed E-state index contributed by atoms with van der Waals surface area (Å²) in [5.41, 5.74) is 5.72. The summed E-state index contributed by atoms with van der Waals surface area (Å²) in [6, 6.07) is 5.81. The first-order valence-electron chi connectivity index (χ1n) is 6.16. The summed E-state index contributed by atoms with van der Waals surface area (Å²) in [4.78, 5) is 4.50.